The molecule has 2 amide bonds. The number of piperazine rings is 1. The van der Waals surface area contributed by atoms with Crippen LogP contribution >= 0.6 is 11.3 Å². The van der Waals surface area contributed by atoms with Gasteiger partial charge in [0.15, 0.2) is 0 Å². The predicted octanol–water partition coefficient (Wildman–Crippen LogP) is 3.63. The van der Waals surface area contributed by atoms with Crippen molar-refractivity contribution in [3.63, 3.8) is 0 Å². The third kappa shape index (κ3) is 5.57. The van der Waals surface area contributed by atoms with Crippen LogP contribution in [0, 0.1) is 5.82 Å². The van der Waals surface area contributed by atoms with Gasteiger partial charge >= 0.3 is 0 Å². The number of benzene rings is 2. The first-order chi connectivity index (χ1) is 15.1. The van der Waals surface area contributed by atoms with Crippen LogP contribution in [0.1, 0.15) is 15.2 Å². The van der Waals surface area contributed by atoms with Crippen LogP contribution in [-0.4, -0.2) is 54.3 Å². The van der Waals surface area contributed by atoms with Crippen molar-refractivity contribution < 1.29 is 14.0 Å². The number of rotatable bonds is 6. The highest BCUT2D eigenvalue weighted by Gasteiger charge is 2.24. The van der Waals surface area contributed by atoms with Gasteiger partial charge in [0.25, 0.3) is 5.91 Å². The minimum Gasteiger partial charge on any atom is -0.351 e. The highest BCUT2D eigenvalue weighted by molar-refractivity contribution is 7.17. The van der Waals surface area contributed by atoms with Gasteiger partial charge in [-0.1, -0.05) is 42.5 Å². The summed E-state index contributed by atoms with van der Waals surface area (Å²) in [5, 5.41) is 2.94. The smallest absolute Gasteiger partial charge is 0.264 e. The molecule has 1 N–H and O–H groups in total. The van der Waals surface area contributed by atoms with Gasteiger partial charge in [-0.3, -0.25) is 14.5 Å². The van der Waals surface area contributed by atoms with Crippen molar-refractivity contribution >= 4 is 23.2 Å². The van der Waals surface area contributed by atoms with Crippen LogP contribution in [-0.2, 0) is 11.3 Å². The van der Waals surface area contributed by atoms with Crippen LogP contribution in [0.15, 0.2) is 66.7 Å². The first-order valence-electron chi connectivity index (χ1n) is 10.3. The Morgan fingerprint density at radius 3 is 2.32 bits per heavy atom. The van der Waals surface area contributed by atoms with Crippen molar-refractivity contribution in [2.75, 3.05) is 32.7 Å². The Labute approximate surface area is 185 Å². The molecule has 1 aliphatic rings. The lowest BCUT2D eigenvalue weighted by atomic mass is 10.2. The van der Waals surface area contributed by atoms with E-state index in [1.54, 1.807) is 12.1 Å². The zero-order valence-electron chi connectivity index (χ0n) is 17.1. The van der Waals surface area contributed by atoms with Crippen LogP contribution in [0.25, 0.3) is 10.4 Å². The number of carbonyl (C=O) groups is 2. The Morgan fingerprint density at radius 2 is 1.61 bits per heavy atom. The number of hydrogen-bond acceptors (Lipinski definition) is 4. The molecular formula is C24H24FN3O2S. The fraction of sp³-hybridized carbons (Fsp3) is 0.250. The molecule has 2 heterocycles. The molecule has 0 aliphatic carbocycles. The van der Waals surface area contributed by atoms with Gasteiger partial charge in [-0.2, -0.15) is 0 Å². The van der Waals surface area contributed by atoms with Crippen LogP contribution < -0.4 is 5.32 Å². The quantitative estimate of drug-likeness (QED) is 0.641. The molecule has 5 nitrogen and oxygen atoms in total. The number of carbonyl (C=O) groups excluding carboxylic acids is 2. The van der Waals surface area contributed by atoms with Crippen LogP contribution in [0.4, 0.5) is 4.39 Å². The van der Waals surface area contributed by atoms with Crippen molar-refractivity contribution in [2.24, 2.45) is 0 Å². The van der Waals surface area contributed by atoms with E-state index in [1.165, 1.54) is 23.5 Å². The van der Waals surface area contributed by atoms with E-state index < -0.39 is 0 Å². The zero-order valence-corrected chi connectivity index (χ0v) is 17.9. The Hall–Kier alpha value is -3.03. The van der Waals surface area contributed by atoms with Gasteiger partial charge in [0.05, 0.1) is 11.4 Å². The SMILES string of the molecule is O=C(CN1CCN(C(=O)c2ccc(-c3ccc(F)cc3)s2)CC1)NCc1ccccc1. The lowest BCUT2D eigenvalue weighted by molar-refractivity contribution is -0.122. The predicted molar refractivity (Wildman–Crippen MR) is 120 cm³/mol. The summed E-state index contributed by atoms with van der Waals surface area (Å²) in [6.07, 6.45) is 0. The van der Waals surface area contributed by atoms with Crippen molar-refractivity contribution in [1.82, 2.24) is 15.1 Å². The van der Waals surface area contributed by atoms with E-state index in [-0.39, 0.29) is 17.6 Å². The largest absolute Gasteiger partial charge is 0.351 e. The first-order valence-corrected chi connectivity index (χ1v) is 11.1. The Morgan fingerprint density at radius 1 is 0.903 bits per heavy atom. The third-order valence-corrected chi connectivity index (χ3v) is 6.43. The third-order valence-electron chi connectivity index (χ3n) is 5.30. The lowest BCUT2D eigenvalue weighted by Crippen LogP contribution is -2.51. The molecule has 1 aliphatic heterocycles. The van der Waals surface area contributed by atoms with E-state index in [0.717, 1.165) is 16.0 Å². The number of thiophene rings is 1. The maximum atomic E-state index is 13.1. The number of nitrogens with one attached hydrogen (secondary N) is 1. The van der Waals surface area contributed by atoms with E-state index in [2.05, 4.69) is 10.2 Å². The molecule has 0 atom stereocenters. The summed E-state index contributed by atoms with van der Waals surface area (Å²) >= 11 is 1.42. The normalized spacial score (nSPS) is 14.4. The molecule has 2 aromatic carbocycles. The number of nitrogens with zero attached hydrogens (tertiary/aromatic N) is 2. The van der Waals surface area contributed by atoms with Crippen LogP contribution in [0.5, 0.6) is 0 Å². The summed E-state index contributed by atoms with van der Waals surface area (Å²) in [5.41, 5.74) is 1.97. The van der Waals surface area contributed by atoms with E-state index in [1.807, 2.05) is 47.4 Å². The van der Waals surface area contributed by atoms with E-state index >= 15 is 0 Å². The molecule has 0 radical (unpaired) electrons. The molecule has 31 heavy (non-hydrogen) atoms. The minimum atomic E-state index is -0.275. The van der Waals surface area contributed by atoms with Crippen LogP contribution in [0.2, 0.25) is 0 Å². The first kappa shape index (κ1) is 21.2. The van der Waals surface area contributed by atoms with Crippen molar-refractivity contribution in [3.05, 3.63) is 83.0 Å². The average Bonchev–Trinajstić information content (AvgIpc) is 3.29. The monoisotopic (exact) mass is 437 g/mol. The van der Waals surface area contributed by atoms with Crippen molar-refractivity contribution in [2.45, 2.75) is 6.54 Å². The van der Waals surface area contributed by atoms with Gasteiger partial charge in [-0.25, -0.2) is 4.39 Å². The van der Waals surface area contributed by atoms with E-state index in [4.69, 9.17) is 0 Å². The molecule has 0 spiro atoms. The second-order valence-corrected chi connectivity index (χ2v) is 8.59. The molecule has 0 bridgehead atoms. The molecule has 4 rings (SSSR count). The fourth-order valence-electron chi connectivity index (χ4n) is 3.54. The summed E-state index contributed by atoms with van der Waals surface area (Å²) in [5.74, 6) is -0.277. The summed E-state index contributed by atoms with van der Waals surface area (Å²) in [7, 11) is 0. The average molecular weight is 438 g/mol. The maximum Gasteiger partial charge on any atom is 0.264 e. The second-order valence-electron chi connectivity index (χ2n) is 7.50. The minimum absolute atomic E-state index is 0.00606. The summed E-state index contributed by atoms with van der Waals surface area (Å²) in [4.78, 5) is 30.6. The van der Waals surface area contributed by atoms with Gasteiger partial charge in [0.1, 0.15) is 5.82 Å². The number of amides is 2. The second kappa shape index (κ2) is 9.85. The van der Waals surface area contributed by atoms with Crippen molar-refractivity contribution in [1.29, 1.82) is 0 Å². The van der Waals surface area contributed by atoms with Gasteiger partial charge in [0.2, 0.25) is 5.91 Å². The van der Waals surface area contributed by atoms with Crippen molar-refractivity contribution in [3.8, 4) is 10.4 Å². The molecule has 0 unspecified atom stereocenters. The Kier molecular flexibility index (Phi) is 6.74. The van der Waals surface area contributed by atoms with Crippen LogP contribution in [0.3, 0.4) is 0 Å². The highest BCUT2D eigenvalue weighted by atomic mass is 32.1. The zero-order chi connectivity index (χ0) is 21.6. The Balaban J connectivity index is 1.25. The van der Waals surface area contributed by atoms with Gasteiger partial charge in [-0.15, -0.1) is 11.3 Å². The lowest BCUT2D eigenvalue weighted by Gasteiger charge is -2.34. The topological polar surface area (TPSA) is 52.7 Å². The van der Waals surface area contributed by atoms with E-state index in [9.17, 15) is 14.0 Å². The standard InChI is InChI=1S/C24H24FN3O2S/c25-20-8-6-19(7-9-20)21-10-11-22(31-21)24(30)28-14-12-27(13-15-28)17-23(29)26-16-18-4-2-1-3-5-18/h1-11H,12-17H2,(H,26,29). The Bertz CT molecular complexity index is 1030. The van der Waals surface area contributed by atoms with E-state index in [0.29, 0.717) is 44.1 Å². The molecular weight excluding hydrogens is 413 g/mol. The molecule has 3 aromatic rings. The van der Waals surface area contributed by atoms with Gasteiger partial charge < -0.3 is 10.2 Å². The fourth-order valence-corrected chi connectivity index (χ4v) is 4.52. The number of halogens is 1. The molecule has 0 saturated carbocycles. The molecule has 160 valence electrons. The maximum absolute atomic E-state index is 13.1. The summed E-state index contributed by atoms with van der Waals surface area (Å²) in [6.45, 7) is 3.38. The summed E-state index contributed by atoms with van der Waals surface area (Å²) in [6, 6.07) is 19.8. The van der Waals surface area contributed by atoms with Gasteiger partial charge in [-0.05, 0) is 35.4 Å². The number of hydrogen-bond donors (Lipinski definition) is 1. The highest BCUT2D eigenvalue weighted by Crippen LogP contribution is 2.29. The molecule has 1 fully saturated rings. The molecule has 1 saturated heterocycles. The molecule has 1 aromatic heterocycles. The van der Waals surface area contributed by atoms with Gasteiger partial charge in [0, 0.05) is 37.6 Å². The molecule has 7 heteroatoms. The summed E-state index contributed by atoms with van der Waals surface area (Å²) < 4.78 is 13.1.